The van der Waals surface area contributed by atoms with Crippen LogP contribution in [-0.2, 0) is 20.9 Å². The second kappa shape index (κ2) is 10.1. The molecule has 8 nitrogen and oxygen atoms in total. The summed E-state index contributed by atoms with van der Waals surface area (Å²) in [4.78, 5) is 49.7. The Kier molecular flexibility index (Phi) is 7.25. The molecule has 0 spiro atoms. The second-order valence-corrected chi connectivity index (χ2v) is 8.03. The molecule has 1 saturated heterocycles. The molecule has 2 N–H and O–H groups in total. The molecule has 0 aliphatic carbocycles. The average molecular weight is 437 g/mol. The highest BCUT2D eigenvalue weighted by Gasteiger charge is 2.35. The largest absolute Gasteiger partial charge is 0.427 e. The first-order valence-corrected chi connectivity index (χ1v) is 10.5. The third-order valence-corrected chi connectivity index (χ3v) is 5.18. The molecule has 0 saturated carbocycles. The second-order valence-electron chi connectivity index (χ2n) is 8.03. The molecule has 2 aromatic carbocycles. The van der Waals surface area contributed by atoms with E-state index >= 15 is 0 Å². The van der Waals surface area contributed by atoms with Gasteiger partial charge in [-0.05, 0) is 49.7 Å². The first-order chi connectivity index (χ1) is 15.2. The monoisotopic (exact) mass is 437 g/mol. The standard InChI is InChI=1S/C24H27N3O5/c1-15(2)27-14-19(12-22(27)29)24(31)26-20-9-7-17(8-10-20)13-25-23(30)18-5-4-6-21(11-18)32-16(3)28/h4-11,15,19H,12-14H2,1-3H3,(H,25,30)(H,26,31). The molecule has 168 valence electrons. The number of rotatable bonds is 7. The molecule has 1 aliphatic heterocycles. The van der Waals surface area contributed by atoms with Gasteiger partial charge < -0.3 is 20.3 Å². The zero-order chi connectivity index (χ0) is 23.3. The van der Waals surface area contributed by atoms with Gasteiger partial charge in [-0.15, -0.1) is 0 Å². The maximum Gasteiger partial charge on any atom is 0.308 e. The van der Waals surface area contributed by atoms with E-state index in [1.54, 1.807) is 35.2 Å². The maximum absolute atomic E-state index is 12.5. The molecule has 0 bridgehead atoms. The van der Waals surface area contributed by atoms with Gasteiger partial charge in [0.1, 0.15) is 5.75 Å². The number of nitrogens with zero attached hydrogens (tertiary/aromatic N) is 1. The van der Waals surface area contributed by atoms with E-state index in [1.807, 2.05) is 26.0 Å². The van der Waals surface area contributed by atoms with Crippen molar-refractivity contribution >= 4 is 29.4 Å². The van der Waals surface area contributed by atoms with Gasteiger partial charge in [0.25, 0.3) is 5.91 Å². The molecule has 3 rings (SSSR count). The van der Waals surface area contributed by atoms with Crippen molar-refractivity contribution in [3.8, 4) is 5.75 Å². The van der Waals surface area contributed by atoms with Crippen molar-refractivity contribution in [1.82, 2.24) is 10.2 Å². The number of carbonyl (C=O) groups is 4. The first-order valence-electron chi connectivity index (χ1n) is 10.5. The van der Waals surface area contributed by atoms with Crippen LogP contribution in [0, 0.1) is 5.92 Å². The Bertz CT molecular complexity index is 1020. The van der Waals surface area contributed by atoms with Crippen molar-refractivity contribution in [1.29, 1.82) is 0 Å². The summed E-state index contributed by atoms with van der Waals surface area (Å²) in [5, 5.41) is 5.67. The summed E-state index contributed by atoms with van der Waals surface area (Å²) in [6.45, 7) is 5.90. The van der Waals surface area contributed by atoms with E-state index < -0.39 is 5.97 Å². The number of hydrogen-bond donors (Lipinski definition) is 2. The Hall–Kier alpha value is -3.68. The minimum atomic E-state index is -0.452. The number of anilines is 1. The lowest BCUT2D eigenvalue weighted by molar-refractivity contribution is -0.132. The van der Waals surface area contributed by atoms with Crippen molar-refractivity contribution in [2.24, 2.45) is 5.92 Å². The fourth-order valence-electron chi connectivity index (χ4n) is 3.51. The zero-order valence-corrected chi connectivity index (χ0v) is 18.4. The topological polar surface area (TPSA) is 105 Å². The van der Waals surface area contributed by atoms with Crippen molar-refractivity contribution in [3.05, 3.63) is 59.7 Å². The van der Waals surface area contributed by atoms with Gasteiger partial charge in [0.2, 0.25) is 11.8 Å². The predicted molar refractivity (Wildman–Crippen MR) is 119 cm³/mol. The predicted octanol–water partition coefficient (Wildman–Crippen LogP) is 2.74. The molecular weight excluding hydrogens is 410 g/mol. The summed E-state index contributed by atoms with van der Waals surface area (Å²) < 4.78 is 5.00. The van der Waals surface area contributed by atoms with Crippen LogP contribution in [0.4, 0.5) is 5.69 Å². The molecule has 1 atom stereocenters. The normalized spacial score (nSPS) is 15.6. The minimum Gasteiger partial charge on any atom is -0.427 e. The van der Waals surface area contributed by atoms with Crippen molar-refractivity contribution in [2.75, 3.05) is 11.9 Å². The number of esters is 1. The summed E-state index contributed by atoms with van der Waals surface area (Å²) in [5.41, 5.74) is 1.87. The molecule has 1 fully saturated rings. The van der Waals surface area contributed by atoms with Crippen LogP contribution in [0.25, 0.3) is 0 Å². The molecular formula is C24H27N3O5. The number of amides is 3. The summed E-state index contributed by atoms with van der Waals surface area (Å²) in [6.07, 6.45) is 0.229. The molecule has 32 heavy (non-hydrogen) atoms. The third-order valence-electron chi connectivity index (χ3n) is 5.18. The van der Waals surface area contributed by atoms with E-state index in [0.717, 1.165) is 5.56 Å². The van der Waals surface area contributed by atoms with E-state index in [0.29, 0.717) is 30.1 Å². The molecule has 3 amide bonds. The summed E-state index contributed by atoms with van der Waals surface area (Å²) >= 11 is 0. The Morgan fingerprint density at radius 3 is 2.47 bits per heavy atom. The highest BCUT2D eigenvalue weighted by Crippen LogP contribution is 2.22. The lowest BCUT2D eigenvalue weighted by Crippen LogP contribution is -2.33. The summed E-state index contributed by atoms with van der Waals surface area (Å²) in [5.74, 6) is -0.958. The number of nitrogens with one attached hydrogen (secondary N) is 2. The van der Waals surface area contributed by atoms with E-state index in [1.165, 1.54) is 13.0 Å². The van der Waals surface area contributed by atoms with E-state index in [9.17, 15) is 19.2 Å². The number of likely N-dealkylation sites (tertiary alicyclic amines) is 1. The fraction of sp³-hybridized carbons (Fsp3) is 0.333. The SMILES string of the molecule is CC(=O)Oc1cccc(C(=O)NCc2ccc(NC(=O)C3CC(=O)N(C(C)C)C3)cc2)c1. The Morgan fingerprint density at radius 1 is 1.12 bits per heavy atom. The molecule has 1 heterocycles. The maximum atomic E-state index is 12.5. The average Bonchev–Trinajstić information content (AvgIpc) is 3.15. The third kappa shape index (κ3) is 5.94. The molecule has 1 unspecified atom stereocenters. The van der Waals surface area contributed by atoms with Gasteiger partial charge in [0.05, 0.1) is 5.92 Å². The van der Waals surface area contributed by atoms with Crippen LogP contribution in [0.2, 0.25) is 0 Å². The Morgan fingerprint density at radius 2 is 1.84 bits per heavy atom. The van der Waals surface area contributed by atoms with Gasteiger partial charge in [-0.1, -0.05) is 18.2 Å². The van der Waals surface area contributed by atoms with Crippen LogP contribution in [0.3, 0.4) is 0 Å². The molecule has 8 heteroatoms. The highest BCUT2D eigenvalue weighted by atomic mass is 16.5. The smallest absolute Gasteiger partial charge is 0.308 e. The number of ether oxygens (including phenoxy) is 1. The molecule has 2 aromatic rings. The van der Waals surface area contributed by atoms with Gasteiger partial charge in [0, 0.05) is 43.7 Å². The van der Waals surface area contributed by atoms with Gasteiger partial charge >= 0.3 is 5.97 Å². The van der Waals surface area contributed by atoms with Crippen molar-refractivity contribution in [3.63, 3.8) is 0 Å². The van der Waals surface area contributed by atoms with E-state index in [-0.39, 0.29) is 36.1 Å². The van der Waals surface area contributed by atoms with Crippen LogP contribution in [0.5, 0.6) is 5.75 Å². The lowest BCUT2D eigenvalue weighted by atomic mass is 10.1. The van der Waals surface area contributed by atoms with E-state index in [2.05, 4.69) is 10.6 Å². The quantitative estimate of drug-likeness (QED) is 0.512. The van der Waals surface area contributed by atoms with Crippen LogP contribution in [0.15, 0.2) is 48.5 Å². The Labute approximate surface area is 186 Å². The molecule has 0 aromatic heterocycles. The lowest BCUT2D eigenvalue weighted by Gasteiger charge is -2.20. The minimum absolute atomic E-state index is 0.00429. The number of benzene rings is 2. The highest BCUT2D eigenvalue weighted by molar-refractivity contribution is 5.97. The zero-order valence-electron chi connectivity index (χ0n) is 18.4. The molecule has 0 radical (unpaired) electrons. The van der Waals surface area contributed by atoms with Crippen LogP contribution < -0.4 is 15.4 Å². The van der Waals surface area contributed by atoms with E-state index in [4.69, 9.17) is 4.74 Å². The first kappa shape index (κ1) is 23.0. The number of carbonyl (C=O) groups excluding carboxylic acids is 4. The van der Waals surface area contributed by atoms with Gasteiger partial charge in [-0.2, -0.15) is 0 Å². The Balaban J connectivity index is 1.52. The van der Waals surface area contributed by atoms with Crippen molar-refractivity contribution in [2.45, 2.75) is 39.8 Å². The van der Waals surface area contributed by atoms with Gasteiger partial charge in [0.15, 0.2) is 0 Å². The van der Waals surface area contributed by atoms with Gasteiger partial charge in [-0.3, -0.25) is 19.2 Å². The molecule has 1 aliphatic rings. The number of hydrogen-bond acceptors (Lipinski definition) is 5. The summed E-state index contributed by atoms with van der Waals surface area (Å²) in [7, 11) is 0. The fourth-order valence-corrected chi connectivity index (χ4v) is 3.51. The van der Waals surface area contributed by atoms with Crippen LogP contribution >= 0.6 is 0 Å². The van der Waals surface area contributed by atoms with Crippen LogP contribution in [-0.4, -0.2) is 41.2 Å². The van der Waals surface area contributed by atoms with Crippen LogP contribution in [0.1, 0.15) is 43.1 Å². The van der Waals surface area contributed by atoms with Crippen molar-refractivity contribution < 1.29 is 23.9 Å². The summed E-state index contributed by atoms with van der Waals surface area (Å²) in [6, 6.07) is 13.6. The van der Waals surface area contributed by atoms with Gasteiger partial charge in [-0.25, -0.2) is 0 Å².